The average Bonchev–Trinajstić information content (AvgIpc) is 2.38. The second kappa shape index (κ2) is 2.49. The van der Waals surface area contributed by atoms with Crippen molar-refractivity contribution < 1.29 is 0 Å². The van der Waals surface area contributed by atoms with E-state index in [0.29, 0.717) is 5.41 Å². The molecule has 0 heteroatoms. The molecule has 0 amide bonds. The molecule has 0 heterocycles. The SMILES string of the molecule is [CH2]C(C)(C)C(C)(C)[C]1C(C)C1C. The van der Waals surface area contributed by atoms with E-state index in [9.17, 15) is 0 Å². The lowest BCUT2D eigenvalue weighted by Gasteiger charge is -2.39. The van der Waals surface area contributed by atoms with Gasteiger partial charge in [-0.05, 0) is 35.5 Å². The van der Waals surface area contributed by atoms with E-state index < -0.39 is 0 Å². The van der Waals surface area contributed by atoms with Crippen LogP contribution in [0, 0.1) is 35.5 Å². The van der Waals surface area contributed by atoms with E-state index in [1.165, 1.54) is 0 Å². The predicted octanol–water partition coefficient (Wildman–Crippen LogP) is 3.73. The summed E-state index contributed by atoms with van der Waals surface area (Å²) in [6.07, 6.45) is 0. The van der Waals surface area contributed by atoms with Crippen LogP contribution < -0.4 is 0 Å². The van der Waals surface area contributed by atoms with Gasteiger partial charge in [0, 0.05) is 0 Å². The lowest BCUT2D eigenvalue weighted by molar-refractivity contribution is 0.191. The van der Waals surface area contributed by atoms with Crippen molar-refractivity contribution in [1.29, 1.82) is 0 Å². The lowest BCUT2D eigenvalue weighted by Crippen LogP contribution is -2.32. The largest absolute Gasteiger partial charge is 0.0616 e. The molecule has 12 heavy (non-hydrogen) atoms. The van der Waals surface area contributed by atoms with E-state index in [1.54, 1.807) is 5.92 Å². The third-order valence-corrected chi connectivity index (χ3v) is 4.04. The van der Waals surface area contributed by atoms with Gasteiger partial charge in [-0.15, -0.1) is 0 Å². The zero-order valence-corrected chi connectivity index (χ0v) is 9.36. The Hall–Kier alpha value is 0. The molecule has 0 nitrogen and oxygen atoms in total. The Bertz CT molecular complexity index is 163. The number of hydrogen-bond donors (Lipinski definition) is 0. The van der Waals surface area contributed by atoms with Crippen molar-refractivity contribution in [3.05, 3.63) is 12.8 Å². The van der Waals surface area contributed by atoms with Crippen LogP contribution in [0.1, 0.15) is 41.5 Å². The van der Waals surface area contributed by atoms with Crippen LogP contribution >= 0.6 is 0 Å². The van der Waals surface area contributed by atoms with Gasteiger partial charge in [-0.25, -0.2) is 0 Å². The van der Waals surface area contributed by atoms with Crippen LogP contribution in [0.2, 0.25) is 0 Å². The maximum Gasteiger partial charge on any atom is -0.0117 e. The Morgan fingerprint density at radius 1 is 1.00 bits per heavy atom. The average molecular weight is 166 g/mol. The van der Waals surface area contributed by atoms with Gasteiger partial charge < -0.3 is 0 Å². The number of hydrogen-bond acceptors (Lipinski definition) is 0. The van der Waals surface area contributed by atoms with Gasteiger partial charge in [0.2, 0.25) is 0 Å². The molecule has 0 saturated heterocycles. The first-order valence-corrected chi connectivity index (χ1v) is 4.92. The van der Waals surface area contributed by atoms with Gasteiger partial charge in [-0.2, -0.15) is 0 Å². The Morgan fingerprint density at radius 3 is 1.42 bits per heavy atom. The predicted molar refractivity (Wildman–Crippen MR) is 54.5 cm³/mol. The minimum atomic E-state index is 0.154. The van der Waals surface area contributed by atoms with Gasteiger partial charge in [0.05, 0.1) is 0 Å². The van der Waals surface area contributed by atoms with Crippen LogP contribution in [0.3, 0.4) is 0 Å². The smallest absolute Gasteiger partial charge is 0.0117 e. The molecule has 0 N–H and O–H groups in total. The molecule has 1 aliphatic rings. The van der Waals surface area contributed by atoms with Crippen molar-refractivity contribution in [2.45, 2.75) is 41.5 Å². The Balaban J connectivity index is 2.75. The van der Waals surface area contributed by atoms with E-state index >= 15 is 0 Å². The van der Waals surface area contributed by atoms with Crippen molar-refractivity contribution in [3.8, 4) is 0 Å². The summed E-state index contributed by atoms with van der Waals surface area (Å²) in [5, 5.41) is 0. The van der Waals surface area contributed by atoms with Gasteiger partial charge in [0.15, 0.2) is 0 Å². The summed E-state index contributed by atoms with van der Waals surface area (Å²) in [6.45, 7) is 18.0. The molecular weight excluding hydrogens is 144 g/mol. The number of rotatable bonds is 2. The Kier molecular flexibility index (Phi) is 2.10. The molecule has 0 bridgehead atoms. The van der Waals surface area contributed by atoms with E-state index in [0.717, 1.165) is 11.8 Å². The highest BCUT2D eigenvalue weighted by Gasteiger charge is 2.56. The minimum Gasteiger partial charge on any atom is -0.0616 e. The van der Waals surface area contributed by atoms with Gasteiger partial charge >= 0.3 is 0 Å². The molecule has 0 aromatic carbocycles. The monoisotopic (exact) mass is 166 g/mol. The fraction of sp³-hybridized carbons (Fsp3) is 0.833. The topological polar surface area (TPSA) is 0 Å². The molecule has 1 fully saturated rings. The van der Waals surface area contributed by atoms with Crippen molar-refractivity contribution in [3.63, 3.8) is 0 Å². The molecule has 1 saturated carbocycles. The molecule has 2 atom stereocenters. The molecule has 1 rings (SSSR count). The Morgan fingerprint density at radius 2 is 1.33 bits per heavy atom. The molecule has 2 unspecified atom stereocenters. The molecule has 0 aromatic heterocycles. The summed E-state index contributed by atoms with van der Waals surface area (Å²) in [6, 6.07) is 0. The van der Waals surface area contributed by atoms with Gasteiger partial charge in [0.25, 0.3) is 0 Å². The summed E-state index contributed by atoms with van der Waals surface area (Å²) >= 11 is 0. The summed E-state index contributed by atoms with van der Waals surface area (Å²) in [5.74, 6) is 3.35. The van der Waals surface area contributed by atoms with Crippen molar-refractivity contribution in [2.24, 2.45) is 22.7 Å². The molecule has 0 aliphatic heterocycles. The van der Waals surface area contributed by atoms with Crippen LogP contribution in [0.4, 0.5) is 0 Å². The third-order valence-electron chi connectivity index (χ3n) is 4.04. The highest BCUT2D eigenvalue weighted by molar-refractivity contribution is 5.27. The first kappa shape index (κ1) is 10.1. The second-order valence-corrected chi connectivity index (χ2v) is 5.54. The summed E-state index contributed by atoms with van der Waals surface area (Å²) < 4.78 is 0. The molecule has 1 aliphatic carbocycles. The van der Waals surface area contributed by atoms with Crippen LogP contribution in [-0.2, 0) is 0 Å². The van der Waals surface area contributed by atoms with E-state index in [2.05, 4.69) is 48.5 Å². The second-order valence-electron chi connectivity index (χ2n) is 5.54. The lowest BCUT2D eigenvalue weighted by atomic mass is 9.65. The summed E-state index contributed by atoms with van der Waals surface area (Å²) in [7, 11) is 0. The Labute approximate surface area is 77.7 Å². The van der Waals surface area contributed by atoms with Crippen LogP contribution in [-0.4, -0.2) is 0 Å². The molecule has 0 aromatic rings. The van der Waals surface area contributed by atoms with Gasteiger partial charge in [-0.1, -0.05) is 41.5 Å². The first-order valence-electron chi connectivity index (χ1n) is 4.92. The first-order chi connectivity index (χ1) is 5.19. The van der Waals surface area contributed by atoms with Crippen molar-refractivity contribution >= 4 is 0 Å². The van der Waals surface area contributed by atoms with Crippen LogP contribution in [0.25, 0.3) is 0 Å². The molecule has 70 valence electrons. The standard InChI is InChI=1S/C12H22/c1-8-9(2)10(8)12(6,7)11(3,4)5/h8-9H,3H2,1-2,4-7H3. The molecule has 0 spiro atoms. The minimum absolute atomic E-state index is 0.154. The zero-order valence-electron chi connectivity index (χ0n) is 9.36. The maximum absolute atomic E-state index is 4.25. The van der Waals surface area contributed by atoms with Crippen LogP contribution in [0.5, 0.6) is 0 Å². The molecular formula is C12H22. The summed E-state index contributed by atoms with van der Waals surface area (Å²) in [4.78, 5) is 0. The van der Waals surface area contributed by atoms with Gasteiger partial charge in [-0.3, -0.25) is 0 Å². The van der Waals surface area contributed by atoms with Crippen molar-refractivity contribution in [1.82, 2.24) is 0 Å². The third kappa shape index (κ3) is 1.30. The van der Waals surface area contributed by atoms with E-state index in [-0.39, 0.29) is 5.41 Å². The fourth-order valence-electron chi connectivity index (χ4n) is 2.10. The normalized spacial score (nSPS) is 32.2. The highest BCUT2D eigenvalue weighted by atomic mass is 14.6. The van der Waals surface area contributed by atoms with E-state index in [1.807, 2.05) is 0 Å². The van der Waals surface area contributed by atoms with Crippen LogP contribution in [0.15, 0.2) is 0 Å². The van der Waals surface area contributed by atoms with Gasteiger partial charge in [0.1, 0.15) is 0 Å². The highest BCUT2D eigenvalue weighted by Crippen LogP contribution is 2.63. The quantitative estimate of drug-likeness (QED) is 0.586. The maximum atomic E-state index is 4.25. The van der Waals surface area contributed by atoms with Crippen molar-refractivity contribution in [2.75, 3.05) is 0 Å². The molecule has 2 radical (unpaired) electrons. The zero-order chi connectivity index (χ0) is 9.73. The fourth-order valence-corrected chi connectivity index (χ4v) is 2.10. The summed E-state index contributed by atoms with van der Waals surface area (Å²) in [5.41, 5.74) is 0.452. The van der Waals surface area contributed by atoms with E-state index in [4.69, 9.17) is 0 Å².